The number of nitrogens with zero attached hydrogens (tertiary/aromatic N) is 2. The van der Waals surface area contributed by atoms with Crippen LogP contribution in [0, 0.1) is 0 Å². The highest BCUT2D eigenvalue weighted by Crippen LogP contribution is 2.37. The van der Waals surface area contributed by atoms with Crippen LogP contribution in [0.1, 0.15) is 18.1 Å². The van der Waals surface area contributed by atoms with Gasteiger partial charge in [-0.1, -0.05) is 35.3 Å². The molecule has 2 aromatic carbocycles. The van der Waals surface area contributed by atoms with E-state index >= 15 is 0 Å². The first-order valence-electron chi connectivity index (χ1n) is 7.75. The van der Waals surface area contributed by atoms with E-state index in [1.807, 2.05) is 18.9 Å². The van der Waals surface area contributed by atoms with Crippen LogP contribution >= 0.6 is 35.0 Å². The second-order valence-corrected chi connectivity index (χ2v) is 7.53. The van der Waals surface area contributed by atoms with Gasteiger partial charge in [0, 0.05) is 23.5 Å². The van der Waals surface area contributed by atoms with E-state index in [4.69, 9.17) is 23.2 Å². The minimum atomic E-state index is -4.29. The highest BCUT2D eigenvalue weighted by Gasteiger charge is 2.29. The largest absolute Gasteiger partial charge is 0.446 e. The topological polar surface area (TPSA) is 15.6 Å². The molecule has 0 bridgehead atoms. The molecule has 140 valence electrons. The third-order valence-corrected chi connectivity index (χ3v) is 4.95. The second-order valence-electron chi connectivity index (χ2n) is 5.58. The molecule has 0 unspecified atom stereocenters. The van der Waals surface area contributed by atoms with Crippen molar-refractivity contribution in [2.24, 2.45) is 4.99 Å². The zero-order valence-electron chi connectivity index (χ0n) is 14.1. The summed E-state index contributed by atoms with van der Waals surface area (Å²) in [7, 11) is 1.90. The standard InChI is InChI=1S/C18H17Cl2F3N2S/c1-3-25(2)11-24-17-10-15(19)13(9-16(17)20)8-12-4-6-14(7-5-12)26-18(21,22)23/h4-7,9-11H,3,8H2,1-2H3. The van der Waals surface area contributed by atoms with Crippen LogP contribution in [-0.4, -0.2) is 30.3 Å². The first-order chi connectivity index (χ1) is 12.2. The summed E-state index contributed by atoms with van der Waals surface area (Å²) in [6.07, 6.45) is 2.14. The zero-order valence-corrected chi connectivity index (χ0v) is 16.5. The fourth-order valence-corrected chi connectivity index (χ4v) is 3.08. The van der Waals surface area contributed by atoms with Gasteiger partial charge in [-0.2, -0.15) is 13.2 Å². The molecule has 2 nitrogen and oxygen atoms in total. The highest BCUT2D eigenvalue weighted by molar-refractivity contribution is 8.00. The molecule has 2 aromatic rings. The Hall–Kier alpha value is -1.37. The zero-order chi connectivity index (χ0) is 19.3. The van der Waals surface area contributed by atoms with Crippen LogP contribution in [0.25, 0.3) is 0 Å². The van der Waals surface area contributed by atoms with Crippen molar-refractivity contribution < 1.29 is 13.2 Å². The number of alkyl halides is 3. The lowest BCUT2D eigenvalue weighted by atomic mass is 10.0. The van der Waals surface area contributed by atoms with E-state index in [2.05, 4.69) is 4.99 Å². The van der Waals surface area contributed by atoms with Gasteiger partial charge in [0.1, 0.15) is 0 Å². The van der Waals surface area contributed by atoms with Gasteiger partial charge in [0.15, 0.2) is 0 Å². The van der Waals surface area contributed by atoms with Gasteiger partial charge in [0.2, 0.25) is 0 Å². The molecule has 0 saturated heterocycles. The highest BCUT2D eigenvalue weighted by atomic mass is 35.5. The van der Waals surface area contributed by atoms with Crippen LogP contribution in [-0.2, 0) is 6.42 Å². The van der Waals surface area contributed by atoms with Gasteiger partial charge in [-0.05, 0) is 60.5 Å². The Morgan fingerprint density at radius 3 is 2.35 bits per heavy atom. The first-order valence-corrected chi connectivity index (χ1v) is 9.32. The third kappa shape index (κ3) is 6.41. The maximum absolute atomic E-state index is 12.4. The molecule has 2 rings (SSSR count). The van der Waals surface area contributed by atoms with Crippen LogP contribution in [0.15, 0.2) is 46.3 Å². The number of halogens is 5. The summed E-state index contributed by atoms with van der Waals surface area (Å²) in [5.74, 6) is 0. The number of aliphatic imine (C=N–C) groups is 1. The molecule has 0 radical (unpaired) electrons. The maximum Gasteiger partial charge on any atom is 0.446 e. The minimum absolute atomic E-state index is 0.134. The Balaban J connectivity index is 2.14. The molecule has 0 aliphatic heterocycles. The molecule has 0 fully saturated rings. The number of hydrogen-bond acceptors (Lipinski definition) is 2. The van der Waals surface area contributed by atoms with Gasteiger partial charge >= 0.3 is 5.51 Å². The van der Waals surface area contributed by atoms with Crippen LogP contribution in [0.2, 0.25) is 10.0 Å². The van der Waals surface area contributed by atoms with Crippen molar-refractivity contribution in [3.05, 3.63) is 57.6 Å². The quantitative estimate of drug-likeness (QED) is 0.289. The number of thioether (sulfide) groups is 1. The lowest BCUT2D eigenvalue weighted by Crippen LogP contribution is -2.14. The predicted molar refractivity (Wildman–Crippen MR) is 104 cm³/mol. The molecule has 0 saturated carbocycles. The van der Waals surface area contributed by atoms with E-state index in [0.29, 0.717) is 22.2 Å². The fraction of sp³-hybridized carbons (Fsp3) is 0.278. The smallest absolute Gasteiger partial charge is 0.366 e. The van der Waals surface area contributed by atoms with Crippen LogP contribution in [0.3, 0.4) is 0 Å². The van der Waals surface area contributed by atoms with E-state index in [1.54, 1.807) is 30.6 Å². The van der Waals surface area contributed by atoms with Crippen LogP contribution in [0.4, 0.5) is 18.9 Å². The molecule has 0 aliphatic carbocycles. The second kappa shape index (κ2) is 9.02. The number of benzene rings is 2. The molecule has 0 amide bonds. The Morgan fingerprint density at radius 2 is 1.77 bits per heavy atom. The Kier molecular flexibility index (Phi) is 7.26. The average molecular weight is 421 g/mol. The van der Waals surface area contributed by atoms with Crippen molar-refractivity contribution >= 4 is 47.0 Å². The van der Waals surface area contributed by atoms with Crippen molar-refractivity contribution in [3.63, 3.8) is 0 Å². The van der Waals surface area contributed by atoms with Crippen molar-refractivity contribution in [2.45, 2.75) is 23.7 Å². The Morgan fingerprint density at radius 1 is 1.12 bits per heavy atom. The van der Waals surface area contributed by atoms with E-state index < -0.39 is 5.51 Å². The predicted octanol–water partition coefficient (Wildman–Crippen LogP) is 6.81. The summed E-state index contributed by atoms with van der Waals surface area (Å²) in [6.45, 7) is 2.82. The molecule has 0 N–H and O–H groups in total. The minimum Gasteiger partial charge on any atom is -0.366 e. The normalized spacial score (nSPS) is 12.0. The fourth-order valence-electron chi connectivity index (χ4n) is 2.08. The number of hydrogen-bond donors (Lipinski definition) is 0. The molecule has 0 heterocycles. The van der Waals surface area contributed by atoms with Gasteiger partial charge in [0.05, 0.1) is 17.0 Å². The van der Waals surface area contributed by atoms with Crippen molar-refractivity contribution in [3.8, 4) is 0 Å². The van der Waals surface area contributed by atoms with Gasteiger partial charge < -0.3 is 4.90 Å². The lowest BCUT2D eigenvalue weighted by molar-refractivity contribution is -0.0328. The summed E-state index contributed by atoms with van der Waals surface area (Å²) in [5.41, 5.74) is -2.09. The lowest BCUT2D eigenvalue weighted by Gasteiger charge is -2.11. The van der Waals surface area contributed by atoms with Gasteiger partial charge in [-0.15, -0.1) is 0 Å². The van der Waals surface area contributed by atoms with E-state index in [0.717, 1.165) is 17.7 Å². The third-order valence-electron chi connectivity index (χ3n) is 3.56. The summed E-state index contributed by atoms with van der Waals surface area (Å²) >= 11 is 12.5. The average Bonchev–Trinajstić information content (AvgIpc) is 2.56. The molecule has 0 aliphatic rings. The monoisotopic (exact) mass is 420 g/mol. The van der Waals surface area contributed by atoms with Gasteiger partial charge in [-0.25, -0.2) is 4.99 Å². The summed E-state index contributed by atoms with van der Waals surface area (Å²) in [4.78, 5) is 6.36. The molecular formula is C18H17Cl2F3N2S. The SMILES string of the molecule is CCN(C)C=Nc1cc(Cl)c(Cc2ccc(SC(F)(F)F)cc2)cc1Cl. The molecule has 0 atom stereocenters. The molecule has 26 heavy (non-hydrogen) atoms. The molecular weight excluding hydrogens is 404 g/mol. The Labute approximate surface area is 165 Å². The van der Waals surface area contributed by atoms with Crippen molar-refractivity contribution in [2.75, 3.05) is 13.6 Å². The Bertz CT molecular complexity index is 777. The van der Waals surface area contributed by atoms with Gasteiger partial charge in [-0.3, -0.25) is 0 Å². The van der Waals surface area contributed by atoms with Crippen molar-refractivity contribution in [1.29, 1.82) is 0 Å². The van der Waals surface area contributed by atoms with Crippen LogP contribution < -0.4 is 0 Å². The summed E-state index contributed by atoms with van der Waals surface area (Å²) < 4.78 is 37.1. The van der Waals surface area contributed by atoms with Crippen molar-refractivity contribution in [1.82, 2.24) is 4.90 Å². The van der Waals surface area contributed by atoms with E-state index in [1.165, 1.54) is 12.1 Å². The van der Waals surface area contributed by atoms with E-state index in [9.17, 15) is 13.2 Å². The maximum atomic E-state index is 12.4. The van der Waals surface area contributed by atoms with Crippen LogP contribution in [0.5, 0.6) is 0 Å². The molecule has 0 spiro atoms. The van der Waals surface area contributed by atoms with Gasteiger partial charge in [0.25, 0.3) is 0 Å². The summed E-state index contributed by atoms with van der Waals surface area (Å²) in [6, 6.07) is 9.62. The van der Waals surface area contributed by atoms with E-state index in [-0.39, 0.29) is 16.7 Å². The summed E-state index contributed by atoms with van der Waals surface area (Å²) in [5, 5.41) is 0.976. The number of rotatable bonds is 6. The first kappa shape index (κ1) is 20.9. The molecule has 8 heteroatoms. The molecule has 0 aromatic heterocycles.